The molecule has 98 valence electrons. The van der Waals surface area contributed by atoms with Crippen LogP contribution >= 0.6 is 0 Å². The van der Waals surface area contributed by atoms with Crippen LogP contribution in [0.3, 0.4) is 0 Å². The molecule has 0 fully saturated rings. The molecule has 1 aliphatic rings. The number of nitrogens with zero attached hydrogens (tertiary/aromatic N) is 2. The van der Waals surface area contributed by atoms with Crippen molar-refractivity contribution in [3.8, 4) is 0 Å². The Kier molecular flexibility index (Phi) is 3.20. The number of fused-ring (bicyclic) bond motifs is 1. The molecule has 1 aliphatic carbocycles. The van der Waals surface area contributed by atoms with Crippen LogP contribution in [0.25, 0.3) is 0 Å². The summed E-state index contributed by atoms with van der Waals surface area (Å²) in [5, 5.41) is 4.18. The summed E-state index contributed by atoms with van der Waals surface area (Å²) in [6, 6.07) is 8.04. The number of hydrogen-bond acceptors (Lipinski definition) is 2. The lowest BCUT2D eigenvalue weighted by Gasteiger charge is -2.12. The van der Waals surface area contributed by atoms with Gasteiger partial charge in [0.15, 0.2) is 5.78 Å². The van der Waals surface area contributed by atoms with Crippen molar-refractivity contribution >= 4 is 5.78 Å². The molecular formula is C16H18N2O. The minimum Gasteiger partial charge on any atom is -0.294 e. The normalized spacial score (nSPS) is 19.0. The number of carbonyl (C=O) groups excluding carboxylic acids is 1. The van der Waals surface area contributed by atoms with Gasteiger partial charge >= 0.3 is 0 Å². The Morgan fingerprint density at radius 3 is 3.00 bits per heavy atom. The minimum absolute atomic E-state index is 0.104. The van der Waals surface area contributed by atoms with Gasteiger partial charge in [0.2, 0.25) is 0 Å². The number of carbonyl (C=O) groups is 1. The summed E-state index contributed by atoms with van der Waals surface area (Å²) < 4.78 is 1.80. The second-order valence-electron chi connectivity index (χ2n) is 5.34. The number of aryl methyl sites for hydroxylation is 2. The molecule has 1 heterocycles. The average molecular weight is 254 g/mol. The molecule has 0 aliphatic heterocycles. The second kappa shape index (κ2) is 5.00. The molecule has 0 saturated carbocycles. The summed E-state index contributed by atoms with van der Waals surface area (Å²) in [7, 11) is 1.91. The van der Waals surface area contributed by atoms with Gasteiger partial charge in [-0.2, -0.15) is 5.10 Å². The minimum atomic E-state index is 0.104. The first-order valence-electron chi connectivity index (χ1n) is 6.83. The fourth-order valence-corrected chi connectivity index (χ4v) is 2.93. The maximum atomic E-state index is 12.6. The molecule has 1 unspecified atom stereocenters. The lowest BCUT2D eigenvalue weighted by Crippen LogP contribution is -2.16. The summed E-state index contributed by atoms with van der Waals surface area (Å²) in [4.78, 5) is 12.6. The fourth-order valence-electron chi connectivity index (χ4n) is 2.93. The SMILES string of the molecule is Cn1cc(CC2CCCc3ccccc3C2=O)cn1. The number of aromatic nitrogens is 2. The van der Waals surface area contributed by atoms with Gasteiger partial charge in [0.25, 0.3) is 0 Å². The number of benzene rings is 1. The molecule has 1 aromatic heterocycles. The van der Waals surface area contributed by atoms with Gasteiger partial charge in [0.05, 0.1) is 6.20 Å². The van der Waals surface area contributed by atoms with Gasteiger partial charge < -0.3 is 0 Å². The van der Waals surface area contributed by atoms with E-state index >= 15 is 0 Å². The Bertz CT molecular complexity index is 600. The molecule has 19 heavy (non-hydrogen) atoms. The molecule has 0 spiro atoms. The molecule has 0 N–H and O–H groups in total. The number of hydrogen-bond donors (Lipinski definition) is 0. The monoisotopic (exact) mass is 254 g/mol. The lowest BCUT2D eigenvalue weighted by molar-refractivity contribution is 0.0915. The van der Waals surface area contributed by atoms with Crippen LogP contribution in [0.5, 0.6) is 0 Å². The molecule has 2 aromatic rings. The third kappa shape index (κ3) is 2.46. The van der Waals surface area contributed by atoms with Crippen LogP contribution in [-0.4, -0.2) is 15.6 Å². The number of Topliss-reactive ketones (excluding diaryl/α,β-unsaturated/α-hetero) is 1. The van der Waals surface area contributed by atoms with Crippen molar-refractivity contribution in [1.82, 2.24) is 9.78 Å². The van der Waals surface area contributed by atoms with E-state index in [0.29, 0.717) is 5.78 Å². The highest BCUT2D eigenvalue weighted by Crippen LogP contribution is 2.26. The standard InChI is InChI=1S/C16H18N2O/c1-18-11-12(10-17-18)9-14-7-4-6-13-5-2-3-8-15(13)16(14)19/h2-3,5,8,10-11,14H,4,6-7,9H2,1H3. The zero-order chi connectivity index (χ0) is 13.2. The highest BCUT2D eigenvalue weighted by atomic mass is 16.1. The second-order valence-corrected chi connectivity index (χ2v) is 5.34. The van der Waals surface area contributed by atoms with E-state index < -0.39 is 0 Å². The molecule has 3 nitrogen and oxygen atoms in total. The van der Waals surface area contributed by atoms with Crippen molar-refractivity contribution in [3.63, 3.8) is 0 Å². The zero-order valence-electron chi connectivity index (χ0n) is 11.2. The van der Waals surface area contributed by atoms with Crippen molar-refractivity contribution in [1.29, 1.82) is 0 Å². The topological polar surface area (TPSA) is 34.9 Å². The lowest BCUT2D eigenvalue weighted by atomic mass is 9.90. The van der Waals surface area contributed by atoms with E-state index in [1.54, 1.807) is 4.68 Å². The van der Waals surface area contributed by atoms with Crippen LogP contribution in [0.15, 0.2) is 36.7 Å². The molecule has 0 amide bonds. The highest BCUT2D eigenvalue weighted by Gasteiger charge is 2.25. The first-order chi connectivity index (χ1) is 9.24. The maximum Gasteiger partial charge on any atom is 0.166 e. The quantitative estimate of drug-likeness (QED) is 0.772. The smallest absolute Gasteiger partial charge is 0.166 e. The van der Waals surface area contributed by atoms with Crippen molar-refractivity contribution in [3.05, 3.63) is 53.3 Å². The van der Waals surface area contributed by atoms with Crippen LogP contribution in [0, 0.1) is 5.92 Å². The molecule has 1 aromatic carbocycles. The molecule has 0 bridgehead atoms. The maximum absolute atomic E-state index is 12.6. The third-order valence-electron chi connectivity index (χ3n) is 3.89. The summed E-state index contributed by atoms with van der Waals surface area (Å²) in [5.74, 6) is 0.407. The van der Waals surface area contributed by atoms with E-state index in [9.17, 15) is 4.79 Å². The van der Waals surface area contributed by atoms with E-state index in [1.807, 2.05) is 37.6 Å². The Morgan fingerprint density at radius 1 is 1.37 bits per heavy atom. The van der Waals surface area contributed by atoms with Crippen molar-refractivity contribution in [2.24, 2.45) is 13.0 Å². The van der Waals surface area contributed by atoms with Crippen LogP contribution in [-0.2, 0) is 19.9 Å². The van der Waals surface area contributed by atoms with Gasteiger partial charge in [-0.05, 0) is 36.8 Å². The Hall–Kier alpha value is -1.90. The van der Waals surface area contributed by atoms with Crippen LogP contribution in [0.1, 0.15) is 34.3 Å². The predicted octanol–water partition coefficient (Wildman–Crippen LogP) is 2.80. The Labute approximate surface area is 113 Å². The molecule has 1 atom stereocenters. The van der Waals surface area contributed by atoms with Gasteiger partial charge in [-0.1, -0.05) is 24.3 Å². The molecule has 0 saturated heterocycles. The largest absolute Gasteiger partial charge is 0.294 e. The molecule has 3 heteroatoms. The Morgan fingerprint density at radius 2 is 2.21 bits per heavy atom. The number of rotatable bonds is 2. The van der Waals surface area contributed by atoms with Gasteiger partial charge in [-0.25, -0.2) is 0 Å². The van der Waals surface area contributed by atoms with Gasteiger partial charge in [0.1, 0.15) is 0 Å². The zero-order valence-corrected chi connectivity index (χ0v) is 11.2. The first-order valence-corrected chi connectivity index (χ1v) is 6.83. The van der Waals surface area contributed by atoms with Crippen molar-refractivity contribution in [2.75, 3.05) is 0 Å². The predicted molar refractivity (Wildman–Crippen MR) is 74.1 cm³/mol. The highest BCUT2D eigenvalue weighted by molar-refractivity contribution is 5.99. The third-order valence-corrected chi connectivity index (χ3v) is 3.89. The fraction of sp³-hybridized carbons (Fsp3) is 0.375. The van der Waals surface area contributed by atoms with Gasteiger partial charge in [-0.15, -0.1) is 0 Å². The molecule has 3 rings (SSSR count). The summed E-state index contributed by atoms with van der Waals surface area (Å²) in [6.07, 6.45) is 7.76. The summed E-state index contributed by atoms with van der Waals surface area (Å²) in [5.41, 5.74) is 3.29. The van der Waals surface area contributed by atoms with Crippen LogP contribution in [0.2, 0.25) is 0 Å². The molecule has 0 radical (unpaired) electrons. The van der Waals surface area contributed by atoms with E-state index in [4.69, 9.17) is 0 Å². The van der Waals surface area contributed by atoms with Crippen molar-refractivity contribution < 1.29 is 4.79 Å². The first kappa shape index (κ1) is 12.2. The van der Waals surface area contributed by atoms with E-state index in [1.165, 1.54) is 5.56 Å². The van der Waals surface area contributed by atoms with E-state index in [0.717, 1.165) is 36.8 Å². The van der Waals surface area contributed by atoms with Crippen LogP contribution < -0.4 is 0 Å². The van der Waals surface area contributed by atoms with Crippen molar-refractivity contribution in [2.45, 2.75) is 25.7 Å². The molecular weight excluding hydrogens is 236 g/mol. The number of ketones is 1. The summed E-state index contributed by atoms with van der Waals surface area (Å²) in [6.45, 7) is 0. The van der Waals surface area contributed by atoms with E-state index in [2.05, 4.69) is 11.2 Å². The van der Waals surface area contributed by atoms with Gasteiger partial charge in [0, 0.05) is 24.7 Å². The van der Waals surface area contributed by atoms with Gasteiger partial charge in [-0.3, -0.25) is 9.48 Å². The van der Waals surface area contributed by atoms with E-state index in [-0.39, 0.29) is 5.92 Å². The Balaban J connectivity index is 1.85. The average Bonchev–Trinajstić information content (AvgIpc) is 2.75. The summed E-state index contributed by atoms with van der Waals surface area (Å²) >= 11 is 0. The van der Waals surface area contributed by atoms with Crippen LogP contribution in [0.4, 0.5) is 0 Å².